The van der Waals surface area contributed by atoms with Gasteiger partial charge in [-0.1, -0.05) is 40.2 Å². The van der Waals surface area contributed by atoms with Crippen LogP contribution >= 0.6 is 15.9 Å². The molecule has 0 aliphatic carbocycles. The number of furan rings is 1. The highest BCUT2D eigenvalue weighted by molar-refractivity contribution is 9.10. The maximum Gasteiger partial charge on any atom is 0.379 e. The third kappa shape index (κ3) is 3.67. The van der Waals surface area contributed by atoms with Crippen LogP contribution in [0.15, 0.2) is 81.4 Å². The SMILES string of the molecule is COc1cccc2cc(C(=O)Oc3ccc4c(c3)O/C(=C\c3cccc(Br)c3)C4=O)oc12. The van der Waals surface area contributed by atoms with Crippen LogP contribution in [-0.4, -0.2) is 18.9 Å². The summed E-state index contributed by atoms with van der Waals surface area (Å²) in [4.78, 5) is 25.3. The van der Waals surface area contributed by atoms with E-state index >= 15 is 0 Å². The van der Waals surface area contributed by atoms with Crippen molar-refractivity contribution in [3.8, 4) is 17.2 Å². The van der Waals surface area contributed by atoms with Gasteiger partial charge in [-0.05, 0) is 48.0 Å². The molecule has 158 valence electrons. The first-order chi connectivity index (χ1) is 15.5. The third-order valence-corrected chi connectivity index (χ3v) is 5.42. The Kier molecular flexibility index (Phi) is 5.03. The molecule has 1 aliphatic heterocycles. The largest absolute Gasteiger partial charge is 0.493 e. The number of ketones is 1. The first-order valence-electron chi connectivity index (χ1n) is 9.64. The van der Waals surface area contributed by atoms with Gasteiger partial charge in [-0.2, -0.15) is 0 Å². The van der Waals surface area contributed by atoms with Gasteiger partial charge in [0.1, 0.15) is 11.5 Å². The van der Waals surface area contributed by atoms with E-state index in [2.05, 4.69) is 15.9 Å². The number of hydrogen-bond donors (Lipinski definition) is 0. The van der Waals surface area contributed by atoms with E-state index in [0.717, 1.165) is 15.4 Å². The van der Waals surface area contributed by atoms with Gasteiger partial charge in [-0.15, -0.1) is 0 Å². The van der Waals surface area contributed by atoms with Gasteiger partial charge in [-0.3, -0.25) is 4.79 Å². The van der Waals surface area contributed by atoms with Crippen LogP contribution in [0.2, 0.25) is 0 Å². The Hall–Kier alpha value is -3.84. The molecule has 3 aromatic carbocycles. The van der Waals surface area contributed by atoms with Crippen LogP contribution < -0.4 is 14.2 Å². The van der Waals surface area contributed by atoms with Crippen molar-refractivity contribution in [2.24, 2.45) is 0 Å². The number of benzene rings is 3. The van der Waals surface area contributed by atoms with E-state index in [1.807, 2.05) is 30.3 Å². The Balaban J connectivity index is 1.38. The second-order valence-corrected chi connectivity index (χ2v) is 7.95. The van der Waals surface area contributed by atoms with Crippen molar-refractivity contribution in [2.75, 3.05) is 7.11 Å². The van der Waals surface area contributed by atoms with E-state index in [1.165, 1.54) is 13.2 Å². The first kappa shape index (κ1) is 20.1. The van der Waals surface area contributed by atoms with E-state index in [9.17, 15) is 9.59 Å². The smallest absolute Gasteiger partial charge is 0.379 e. The molecule has 4 aromatic rings. The molecule has 32 heavy (non-hydrogen) atoms. The van der Waals surface area contributed by atoms with E-state index in [-0.39, 0.29) is 23.1 Å². The average molecular weight is 491 g/mol. The summed E-state index contributed by atoms with van der Waals surface area (Å²) in [5, 5.41) is 0.724. The van der Waals surface area contributed by atoms with Gasteiger partial charge in [0.15, 0.2) is 17.1 Å². The molecule has 0 saturated carbocycles. The molecule has 1 aliphatic rings. The van der Waals surface area contributed by atoms with E-state index in [0.29, 0.717) is 22.6 Å². The molecule has 7 heteroatoms. The number of rotatable bonds is 4. The Morgan fingerprint density at radius 2 is 1.88 bits per heavy atom. The monoisotopic (exact) mass is 490 g/mol. The molecule has 0 fully saturated rings. The lowest BCUT2D eigenvalue weighted by Crippen LogP contribution is -2.07. The molecule has 2 heterocycles. The minimum atomic E-state index is -0.669. The Morgan fingerprint density at radius 1 is 1.03 bits per heavy atom. The zero-order valence-corrected chi connectivity index (χ0v) is 18.3. The fraction of sp³-hybridized carbons (Fsp3) is 0.0400. The molecule has 0 radical (unpaired) electrons. The van der Waals surface area contributed by atoms with E-state index in [4.69, 9.17) is 18.6 Å². The summed E-state index contributed by atoms with van der Waals surface area (Å²) in [5.41, 5.74) is 1.69. The van der Waals surface area contributed by atoms with Crippen molar-refractivity contribution < 1.29 is 28.2 Å². The number of hydrogen-bond acceptors (Lipinski definition) is 6. The van der Waals surface area contributed by atoms with Gasteiger partial charge >= 0.3 is 5.97 Å². The Labute approximate surface area is 191 Å². The molecule has 0 amide bonds. The van der Waals surface area contributed by atoms with Crippen molar-refractivity contribution in [3.63, 3.8) is 0 Å². The highest BCUT2D eigenvalue weighted by Gasteiger charge is 2.28. The van der Waals surface area contributed by atoms with Crippen LogP contribution in [0.25, 0.3) is 17.0 Å². The Morgan fingerprint density at radius 3 is 2.69 bits per heavy atom. The summed E-state index contributed by atoms with van der Waals surface area (Å²) in [7, 11) is 1.53. The van der Waals surface area contributed by atoms with Gasteiger partial charge in [0.05, 0.1) is 12.7 Å². The maximum absolute atomic E-state index is 12.7. The van der Waals surface area contributed by atoms with E-state index < -0.39 is 5.97 Å². The van der Waals surface area contributed by atoms with Crippen LogP contribution in [0.4, 0.5) is 0 Å². The predicted octanol–water partition coefficient (Wildman–Crippen LogP) is 6.04. The first-order valence-corrected chi connectivity index (χ1v) is 10.4. The lowest BCUT2D eigenvalue weighted by atomic mass is 10.1. The number of carbonyl (C=O) groups is 2. The quantitative estimate of drug-likeness (QED) is 0.197. The number of para-hydroxylation sites is 1. The molecule has 0 unspecified atom stereocenters. The van der Waals surface area contributed by atoms with Crippen molar-refractivity contribution in [2.45, 2.75) is 0 Å². The standard InChI is InChI=1S/C25H15BrO6/c1-29-19-7-3-5-15-12-22(32-24(15)19)25(28)30-17-8-9-18-20(13-17)31-21(23(18)27)11-14-4-2-6-16(26)10-14/h2-13H,1H3/b21-11-. The van der Waals surface area contributed by atoms with Crippen molar-refractivity contribution >= 4 is 44.7 Å². The topological polar surface area (TPSA) is 75.0 Å². The summed E-state index contributed by atoms with van der Waals surface area (Å²) >= 11 is 3.41. The number of ether oxygens (including phenoxy) is 3. The number of esters is 1. The van der Waals surface area contributed by atoms with Crippen LogP contribution in [0, 0.1) is 0 Å². The van der Waals surface area contributed by atoms with Gasteiger partial charge in [0, 0.05) is 15.9 Å². The molecule has 1 aromatic heterocycles. The maximum atomic E-state index is 12.7. The minimum Gasteiger partial charge on any atom is -0.493 e. The summed E-state index contributed by atoms with van der Waals surface area (Å²) in [6.45, 7) is 0. The normalized spacial score (nSPS) is 13.8. The summed E-state index contributed by atoms with van der Waals surface area (Å²) < 4.78 is 23.0. The number of allylic oxidation sites excluding steroid dienone is 1. The molecule has 0 atom stereocenters. The van der Waals surface area contributed by atoms with Crippen LogP contribution in [0.5, 0.6) is 17.2 Å². The molecule has 6 nitrogen and oxygen atoms in total. The highest BCUT2D eigenvalue weighted by atomic mass is 79.9. The fourth-order valence-electron chi connectivity index (χ4n) is 3.43. The molecule has 0 bridgehead atoms. The second kappa shape index (κ2) is 8.01. The number of halogens is 1. The van der Waals surface area contributed by atoms with Gasteiger partial charge < -0.3 is 18.6 Å². The summed E-state index contributed by atoms with van der Waals surface area (Å²) in [6.07, 6.45) is 1.67. The van der Waals surface area contributed by atoms with Crippen LogP contribution in [0.3, 0.4) is 0 Å². The van der Waals surface area contributed by atoms with E-state index in [1.54, 1.807) is 36.4 Å². The zero-order chi connectivity index (χ0) is 22.2. The van der Waals surface area contributed by atoms with Crippen molar-refractivity contribution in [3.05, 3.63) is 93.8 Å². The molecule has 0 N–H and O–H groups in total. The lowest BCUT2D eigenvalue weighted by Gasteiger charge is -2.04. The number of carbonyl (C=O) groups excluding carboxylic acids is 2. The predicted molar refractivity (Wildman–Crippen MR) is 121 cm³/mol. The van der Waals surface area contributed by atoms with Gasteiger partial charge in [-0.25, -0.2) is 4.79 Å². The average Bonchev–Trinajstić information content (AvgIpc) is 3.35. The molecular weight excluding hydrogens is 476 g/mol. The van der Waals surface area contributed by atoms with Crippen molar-refractivity contribution in [1.82, 2.24) is 0 Å². The number of fused-ring (bicyclic) bond motifs is 2. The minimum absolute atomic E-state index is 0.0391. The summed E-state index contributed by atoms with van der Waals surface area (Å²) in [5.74, 6) is 0.420. The Bertz CT molecular complexity index is 1420. The number of methoxy groups -OCH3 is 1. The molecule has 0 spiro atoms. The summed E-state index contributed by atoms with van der Waals surface area (Å²) in [6, 6.07) is 19.1. The number of Topliss-reactive ketones (excluding diaryl/α,β-unsaturated/α-hetero) is 1. The fourth-order valence-corrected chi connectivity index (χ4v) is 3.85. The lowest BCUT2D eigenvalue weighted by molar-refractivity contribution is 0.0703. The second-order valence-electron chi connectivity index (χ2n) is 7.03. The van der Waals surface area contributed by atoms with Gasteiger partial charge in [0.25, 0.3) is 0 Å². The highest BCUT2D eigenvalue weighted by Crippen LogP contribution is 2.35. The third-order valence-electron chi connectivity index (χ3n) is 4.93. The van der Waals surface area contributed by atoms with Crippen molar-refractivity contribution in [1.29, 1.82) is 0 Å². The molecule has 0 saturated heterocycles. The molecular formula is C25H15BrO6. The zero-order valence-electron chi connectivity index (χ0n) is 16.8. The molecule has 5 rings (SSSR count). The van der Waals surface area contributed by atoms with Crippen LogP contribution in [-0.2, 0) is 0 Å². The van der Waals surface area contributed by atoms with Crippen LogP contribution in [0.1, 0.15) is 26.5 Å². The van der Waals surface area contributed by atoms with Gasteiger partial charge in [0.2, 0.25) is 11.5 Å².